The second-order valence-corrected chi connectivity index (χ2v) is 6.80. The molecule has 2 aromatic rings. The molecule has 1 fully saturated rings. The summed E-state index contributed by atoms with van der Waals surface area (Å²) < 4.78 is 0. The van der Waals surface area contributed by atoms with Crippen LogP contribution in [0.4, 0.5) is 17.1 Å². The first kappa shape index (κ1) is 19.4. The molecule has 0 radical (unpaired) electrons. The van der Waals surface area contributed by atoms with Crippen LogP contribution >= 0.6 is 0 Å². The number of anilines is 3. The van der Waals surface area contributed by atoms with Gasteiger partial charge in [0.25, 0.3) is 0 Å². The van der Waals surface area contributed by atoms with Gasteiger partial charge >= 0.3 is 0 Å². The van der Waals surface area contributed by atoms with E-state index in [1.807, 2.05) is 24.3 Å². The fraction of sp³-hybridized carbons (Fsp3) is 0.318. The van der Waals surface area contributed by atoms with Gasteiger partial charge < -0.3 is 15.5 Å². The summed E-state index contributed by atoms with van der Waals surface area (Å²) in [5, 5.41) is 14.8. The third-order valence-electron chi connectivity index (χ3n) is 5.03. The molecule has 0 saturated heterocycles. The summed E-state index contributed by atoms with van der Waals surface area (Å²) in [4.78, 5) is 27.1. The van der Waals surface area contributed by atoms with Gasteiger partial charge in [-0.25, -0.2) is 0 Å². The molecule has 1 aliphatic rings. The Morgan fingerprint density at radius 3 is 2.21 bits per heavy atom. The highest BCUT2D eigenvalue weighted by molar-refractivity contribution is 6.03. The second-order valence-electron chi connectivity index (χ2n) is 6.80. The summed E-state index contributed by atoms with van der Waals surface area (Å²) in [6.45, 7) is 6.06. The number of carbonyl (C=O) groups is 2. The minimum absolute atomic E-state index is 0.149. The van der Waals surface area contributed by atoms with Crippen molar-refractivity contribution in [3.8, 4) is 6.07 Å². The van der Waals surface area contributed by atoms with Crippen molar-refractivity contribution >= 4 is 28.9 Å². The molecule has 3 rings (SSSR count). The van der Waals surface area contributed by atoms with Crippen LogP contribution in [-0.4, -0.2) is 24.9 Å². The van der Waals surface area contributed by atoms with Crippen LogP contribution in [0.25, 0.3) is 0 Å². The average Bonchev–Trinajstić information content (AvgIpc) is 3.52. The third kappa shape index (κ3) is 4.32. The standard InChI is InChI=1S/C22H24N4O2/c1-3-26(4-2)17-11-9-16(10-12-17)24-21(27)18-13-19(18)22(28)25-20-8-6-5-7-15(20)14-23/h5-12,18-19H,3-4,13H2,1-2H3,(H,24,27)(H,25,28). The van der Waals surface area contributed by atoms with Gasteiger partial charge in [-0.3, -0.25) is 9.59 Å². The summed E-state index contributed by atoms with van der Waals surface area (Å²) >= 11 is 0. The molecule has 0 spiro atoms. The number of amides is 2. The van der Waals surface area contributed by atoms with E-state index in [0.29, 0.717) is 17.7 Å². The monoisotopic (exact) mass is 376 g/mol. The summed E-state index contributed by atoms with van der Waals surface area (Å²) in [6.07, 6.45) is 0.518. The summed E-state index contributed by atoms with van der Waals surface area (Å²) in [7, 11) is 0. The largest absolute Gasteiger partial charge is 0.372 e. The molecule has 0 aromatic heterocycles. The van der Waals surface area contributed by atoms with Crippen molar-refractivity contribution < 1.29 is 9.59 Å². The molecule has 0 bridgehead atoms. The van der Waals surface area contributed by atoms with Crippen molar-refractivity contribution in [2.45, 2.75) is 20.3 Å². The quantitative estimate of drug-likeness (QED) is 0.773. The Bertz CT molecular complexity index is 897. The van der Waals surface area contributed by atoms with Crippen molar-refractivity contribution in [1.82, 2.24) is 0 Å². The molecule has 144 valence electrons. The van der Waals surface area contributed by atoms with Gasteiger partial charge in [-0.2, -0.15) is 5.26 Å². The van der Waals surface area contributed by atoms with Crippen LogP contribution in [0.5, 0.6) is 0 Å². The van der Waals surface area contributed by atoms with Gasteiger partial charge in [-0.05, 0) is 56.7 Å². The van der Waals surface area contributed by atoms with Gasteiger partial charge in [-0.1, -0.05) is 12.1 Å². The lowest BCUT2D eigenvalue weighted by Crippen LogP contribution is -2.22. The lowest BCUT2D eigenvalue weighted by molar-refractivity contribution is -0.122. The molecular weight excluding hydrogens is 352 g/mol. The maximum Gasteiger partial charge on any atom is 0.228 e. The number of rotatable bonds is 7. The van der Waals surface area contributed by atoms with Crippen LogP contribution in [0.15, 0.2) is 48.5 Å². The minimum atomic E-state index is -0.360. The average molecular weight is 376 g/mol. The smallest absolute Gasteiger partial charge is 0.228 e. The van der Waals surface area contributed by atoms with Crippen molar-refractivity contribution in [2.75, 3.05) is 28.6 Å². The van der Waals surface area contributed by atoms with Gasteiger partial charge in [0, 0.05) is 24.5 Å². The Hall–Kier alpha value is -3.33. The zero-order valence-electron chi connectivity index (χ0n) is 16.1. The lowest BCUT2D eigenvalue weighted by Gasteiger charge is -2.21. The van der Waals surface area contributed by atoms with Gasteiger partial charge in [0.15, 0.2) is 0 Å². The van der Waals surface area contributed by atoms with Crippen molar-refractivity contribution in [3.05, 3.63) is 54.1 Å². The van der Waals surface area contributed by atoms with E-state index in [1.54, 1.807) is 24.3 Å². The number of hydrogen-bond donors (Lipinski definition) is 2. The van der Waals surface area contributed by atoms with Gasteiger partial charge in [0.1, 0.15) is 6.07 Å². The molecule has 1 saturated carbocycles. The highest BCUT2D eigenvalue weighted by Crippen LogP contribution is 2.40. The zero-order chi connectivity index (χ0) is 20.1. The highest BCUT2D eigenvalue weighted by Gasteiger charge is 2.48. The summed E-state index contributed by atoms with van der Waals surface area (Å²) in [5.41, 5.74) is 2.73. The van der Waals surface area contributed by atoms with Gasteiger partial charge in [0.2, 0.25) is 11.8 Å². The van der Waals surface area contributed by atoms with Crippen molar-refractivity contribution in [2.24, 2.45) is 11.8 Å². The second kappa shape index (κ2) is 8.57. The highest BCUT2D eigenvalue weighted by atomic mass is 16.2. The first-order chi connectivity index (χ1) is 13.6. The fourth-order valence-electron chi connectivity index (χ4n) is 3.27. The number of carbonyl (C=O) groups excluding carboxylic acids is 2. The van der Waals surface area contributed by atoms with Crippen LogP contribution in [0.3, 0.4) is 0 Å². The fourth-order valence-corrected chi connectivity index (χ4v) is 3.27. The van der Waals surface area contributed by atoms with Crippen LogP contribution in [0.2, 0.25) is 0 Å². The van der Waals surface area contributed by atoms with Crippen molar-refractivity contribution in [3.63, 3.8) is 0 Å². The van der Waals surface area contributed by atoms with Gasteiger partial charge in [-0.15, -0.1) is 0 Å². The zero-order valence-corrected chi connectivity index (χ0v) is 16.1. The maximum absolute atomic E-state index is 12.4. The molecule has 2 atom stereocenters. The number of hydrogen-bond acceptors (Lipinski definition) is 4. The number of nitriles is 1. The molecule has 6 heteroatoms. The Balaban J connectivity index is 1.55. The Labute approximate surface area is 165 Å². The molecule has 2 N–H and O–H groups in total. The first-order valence-corrected chi connectivity index (χ1v) is 9.53. The predicted octanol–water partition coefficient (Wildman–Crippen LogP) is 3.62. The van der Waals surface area contributed by atoms with E-state index in [4.69, 9.17) is 5.26 Å². The molecule has 2 amide bonds. The Morgan fingerprint density at radius 2 is 1.61 bits per heavy atom. The Morgan fingerprint density at radius 1 is 1.00 bits per heavy atom. The number of para-hydroxylation sites is 1. The van der Waals surface area contributed by atoms with E-state index in [2.05, 4.69) is 35.5 Å². The molecule has 1 aliphatic carbocycles. The normalized spacial score (nSPS) is 17.3. The molecule has 2 unspecified atom stereocenters. The van der Waals surface area contributed by atoms with E-state index in [-0.39, 0.29) is 23.7 Å². The van der Waals surface area contributed by atoms with Gasteiger partial charge in [0.05, 0.1) is 23.1 Å². The number of nitrogens with zero attached hydrogens (tertiary/aromatic N) is 2. The van der Waals surface area contributed by atoms with Crippen LogP contribution in [0.1, 0.15) is 25.8 Å². The number of benzene rings is 2. The predicted molar refractivity (Wildman–Crippen MR) is 110 cm³/mol. The molecule has 2 aromatic carbocycles. The Kier molecular flexibility index (Phi) is 5.95. The molecule has 0 heterocycles. The van der Waals surface area contributed by atoms with E-state index in [9.17, 15) is 9.59 Å². The van der Waals surface area contributed by atoms with Crippen LogP contribution in [-0.2, 0) is 9.59 Å². The molecule has 6 nitrogen and oxygen atoms in total. The van der Waals surface area contributed by atoms with E-state index < -0.39 is 0 Å². The lowest BCUT2D eigenvalue weighted by atomic mass is 10.2. The summed E-state index contributed by atoms with van der Waals surface area (Å²) in [5.74, 6) is -1.07. The van der Waals surface area contributed by atoms with Crippen LogP contribution < -0.4 is 15.5 Å². The molecule has 0 aliphatic heterocycles. The molecular formula is C22H24N4O2. The topological polar surface area (TPSA) is 85.2 Å². The summed E-state index contributed by atoms with van der Waals surface area (Å²) in [6, 6.07) is 16.6. The van der Waals surface area contributed by atoms with E-state index in [0.717, 1.165) is 24.5 Å². The first-order valence-electron chi connectivity index (χ1n) is 9.53. The number of nitrogens with one attached hydrogen (secondary N) is 2. The molecule has 28 heavy (non-hydrogen) atoms. The SMILES string of the molecule is CCN(CC)c1ccc(NC(=O)C2CC2C(=O)Nc2ccccc2C#N)cc1. The van der Waals surface area contributed by atoms with E-state index in [1.165, 1.54) is 0 Å². The minimum Gasteiger partial charge on any atom is -0.372 e. The van der Waals surface area contributed by atoms with Crippen LogP contribution in [0, 0.1) is 23.2 Å². The van der Waals surface area contributed by atoms with Crippen molar-refractivity contribution in [1.29, 1.82) is 5.26 Å². The maximum atomic E-state index is 12.4. The van der Waals surface area contributed by atoms with E-state index >= 15 is 0 Å². The third-order valence-corrected chi connectivity index (χ3v) is 5.03.